The van der Waals surface area contributed by atoms with Gasteiger partial charge in [0.05, 0.1) is 18.9 Å². The molecule has 0 saturated heterocycles. The first kappa shape index (κ1) is 44.4. The Morgan fingerprint density at radius 1 is 0.667 bits per heavy atom. The molecule has 0 aromatic carbocycles. The number of nitrogens with two attached hydrogens (primary N) is 1. The van der Waals surface area contributed by atoms with Crippen LogP contribution in [-0.4, -0.2) is 52.9 Å². The molecule has 8 nitrogen and oxygen atoms in total. The van der Waals surface area contributed by atoms with Gasteiger partial charge in [-0.25, -0.2) is 4.79 Å². The van der Waals surface area contributed by atoms with Crippen molar-refractivity contribution in [2.45, 2.75) is 218 Å². The molecule has 5 N–H and O–H groups in total. The lowest BCUT2D eigenvalue weighted by molar-refractivity contribution is -0.153. The van der Waals surface area contributed by atoms with Crippen molar-refractivity contribution in [3.05, 3.63) is 0 Å². The molecular formula is C40H76N2O6. The molecule has 5 atom stereocenters. The molecule has 0 aromatic rings. The highest BCUT2D eigenvalue weighted by Crippen LogP contribution is 2.45. The number of nitrogens with one attached hydrogen (secondary N) is 1. The number of carboxylic acids is 1. The Bertz CT molecular complexity index is 809. The van der Waals surface area contributed by atoms with E-state index < -0.39 is 36.1 Å². The molecule has 48 heavy (non-hydrogen) atoms. The summed E-state index contributed by atoms with van der Waals surface area (Å²) in [5.41, 5.74) is 5.52. The van der Waals surface area contributed by atoms with Crippen LogP contribution < -0.4 is 11.1 Å². The van der Waals surface area contributed by atoms with Crippen LogP contribution in [0, 0.1) is 11.8 Å². The van der Waals surface area contributed by atoms with Crippen LogP contribution in [0.3, 0.4) is 0 Å². The van der Waals surface area contributed by atoms with Crippen molar-refractivity contribution in [1.82, 2.24) is 5.32 Å². The fourth-order valence-corrected chi connectivity index (χ4v) is 6.97. The molecule has 1 rings (SSSR count). The van der Waals surface area contributed by atoms with E-state index in [-0.39, 0.29) is 19.3 Å². The average molecular weight is 681 g/mol. The smallest absolute Gasteiger partial charge is 0.326 e. The zero-order valence-electron chi connectivity index (χ0n) is 31.2. The van der Waals surface area contributed by atoms with E-state index in [1.807, 2.05) is 0 Å². The van der Waals surface area contributed by atoms with Crippen molar-refractivity contribution in [1.29, 1.82) is 0 Å². The van der Waals surface area contributed by atoms with Crippen LogP contribution >= 0.6 is 0 Å². The fourth-order valence-electron chi connectivity index (χ4n) is 6.97. The van der Waals surface area contributed by atoms with E-state index in [1.165, 1.54) is 116 Å². The van der Waals surface area contributed by atoms with Crippen molar-refractivity contribution in [2.24, 2.45) is 17.6 Å². The van der Waals surface area contributed by atoms with E-state index >= 15 is 0 Å². The largest absolute Gasteiger partial charge is 0.480 e. The second-order valence-electron chi connectivity index (χ2n) is 14.8. The summed E-state index contributed by atoms with van der Waals surface area (Å²) < 4.78 is 5.71. The summed E-state index contributed by atoms with van der Waals surface area (Å²) in [5, 5.41) is 22.6. The van der Waals surface area contributed by atoms with Crippen molar-refractivity contribution in [3.8, 4) is 0 Å². The van der Waals surface area contributed by atoms with Gasteiger partial charge in [0.25, 0.3) is 0 Å². The topological polar surface area (TPSA) is 139 Å². The summed E-state index contributed by atoms with van der Waals surface area (Å²) in [6.07, 6.45) is 29.0. The third-order valence-corrected chi connectivity index (χ3v) is 10.2. The van der Waals surface area contributed by atoms with E-state index in [0.717, 1.165) is 43.9 Å². The fraction of sp³-hybridized carbons (Fsp3) is 0.925. The second kappa shape index (κ2) is 30.2. The summed E-state index contributed by atoms with van der Waals surface area (Å²) >= 11 is 0. The maximum atomic E-state index is 12.8. The van der Waals surface area contributed by atoms with Crippen LogP contribution in [0.15, 0.2) is 0 Å². The lowest BCUT2D eigenvalue weighted by Crippen LogP contribution is -2.42. The van der Waals surface area contributed by atoms with Crippen LogP contribution in [-0.2, 0) is 19.1 Å². The Kier molecular flexibility index (Phi) is 27.9. The van der Waals surface area contributed by atoms with E-state index in [2.05, 4.69) is 19.2 Å². The second-order valence-corrected chi connectivity index (χ2v) is 14.8. The SMILES string of the molecule is CCCCCCCCCCCCCC(CC(=O)N[C@@H](CCCN)C(=O)O)OC(=O)CC(O)CCCCCCCC1CC1CCCCCC. The van der Waals surface area contributed by atoms with Gasteiger partial charge in [0.2, 0.25) is 5.91 Å². The molecule has 0 aromatic heterocycles. The van der Waals surface area contributed by atoms with Gasteiger partial charge < -0.3 is 26.0 Å². The molecule has 1 aliphatic carbocycles. The summed E-state index contributed by atoms with van der Waals surface area (Å²) in [7, 11) is 0. The molecule has 4 unspecified atom stereocenters. The van der Waals surface area contributed by atoms with Gasteiger partial charge >= 0.3 is 11.9 Å². The monoisotopic (exact) mass is 681 g/mol. The van der Waals surface area contributed by atoms with Gasteiger partial charge in [-0.05, 0) is 56.9 Å². The number of carbonyl (C=O) groups excluding carboxylic acids is 2. The van der Waals surface area contributed by atoms with E-state index in [0.29, 0.717) is 25.8 Å². The van der Waals surface area contributed by atoms with Gasteiger partial charge in [0.15, 0.2) is 0 Å². The minimum Gasteiger partial charge on any atom is -0.480 e. The van der Waals surface area contributed by atoms with Crippen LogP contribution in [0.2, 0.25) is 0 Å². The molecule has 282 valence electrons. The van der Waals surface area contributed by atoms with Crippen molar-refractivity contribution in [2.75, 3.05) is 6.54 Å². The first-order valence-corrected chi connectivity index (χ1v) is 20.4. The van der Waals surface area contributed by atoms with Gasteiger partial charge in [-0.2, -0.15) is 0 Å². The number of amides is 1. The quantitative estimate of drug-likeness (QED) is 0.0386. The van der Waals surface area contributed by atoms with Gasteiger partial charge in [-0.15, -0.1) is 0 Å². The summed E-state index contributed by atoms with van der Waals surface area (Å²) in [6.45, 7) is 4.85. The highest BCUT2D eigenvalue weighted by atomic mass is 16.5. The highest BCUT2D eigenvalue weighted by Gasteiger charge is 2.35. The van der Waals surface area contributed by atoms with Crippen molar-refractivity contribution in [3.63, 3.8) is 0 Å². The molecular weight excluding hydrogens is 604 g/mol. The molecule has 0 heterocycles. The van der Waals surface area contributed by atoms with Crippen molar-refractivity contribution >= 4 is 17.8 Å². The number of rotatable bonds is 35. The van der Waals surface area contributed by atoms with Crippen LogP contribution in [0.5, 0.6) is 0 Å². The number of esters is 1. The normalized spacial score (nSPS) is 17.5. The van der Waals surface area contributed by atoms with E-state index in [1.54, 1.807) is 0 Å². The number of unbranched alkanes of at least 4 members (excludes halogenated alkanes) is 17. The Hall–Kier alpha value is -1.67. The predicted molar refractivity (Wildman–Crippen MR) is 197 cm³/mol. The average Bonchev–Trinajstić information content (AvgIpc) is 3.80. The number of ether oxygens (including phenoxy) is 1. The summed E-state index contributed by atoms with van der Waals surface area (Å²) in [5.74, 6) is -0.0592. The molecule has 1 aliphatic rings. The lowest BCUT2D eigenvalue weighted by Gasteiger charge is -2.20. The number of aliphatic hydroxyl groups excluding tert-OH is 1. The lowest BCUT2D eigenvalue weighted by atomic mass is 10.0. The first-order valence-electron chi connectivity index (χ1n) is 20.4. The van der Waals surface area contributed by atoms with Gasteiger partial charge in [-0.1, -0.05) is 149 Å². The maximum Gasteiger partial charge on any atom is 0.326 e. The molecule has 0 bridgehead atoms. The third-order valence-electron chi connectivity index (χ3n) is 10.2. The number of hydrogen-bond acceptors (Lipinski definition) is 6. The summed E-state index contributed by atoms with van der Waals surface area (Å²) in [6, 6.07) is -1.01. The minimum absolute atomic E-state index is 0.0769. The molecule has 1 amide bonds. The van der Waals surface area contributed by atoms with Crippen molar-refractivity contribution < 1.29 is 29.3 Å². The Morgan fingerprint density at radius 2 is 1.15 bits per heavy atom. The number of aliphatic hydroxyl groups is 1. The van der Waals surface area contributed by atoms with Crippen LogP contribution in [0.1, 0.15) is 200 Å². The number of carbonyl (C=O) groups is 3. The zero-order valence-corrected chi connectivity index (χ0v) is 31.2. The first-order chi connectivity index (χ1) is 23.3. The number of carboxylic acid groups (broad SMARTS) is 1. The third kappa shape index (κ3) is 25.3. The molecule has 0 radical (unpaired) electrons. The van der Waals surface area contributed by atoms with E-state index in [9.17, 15) is 24.6 Å². The molecule has 1 fully saturated rings. The number of hydrogen-bond donors (Lipinski definition) is 4. The molecule has 8 heteroatoms. The minimum atomic E-state index is -1.09. The van der Waals surface area contributed by atoms with Gasteiger partial charge in [-0.3, -0.25) is 9.59 Å². The maximum absolute atomic E-state index is 12.8. The Morgan fingerprint density at radius 3 is 1.67 bits per heavy atom. The van der Waals surface area contributed by atoms with Crippen LogP contribution in [0.4, 0.5) is 0 Å². The molecule has 0 aliphatic heterocycles. The van der Waals surface area contributed by atoms with Gasteiger partial charge in [0, 0.05) is 0 Å². The molecule has 0 spiro atoms. The van der Waals surface area contributed by atoms with E-state index in [4.69, 9.17) is 10.5 Å². The summed E-state index contributed by atoms with van der Waals surface area (Å²) in [4.78, 5) is 37.1. The predicted octanol–water partition coefficient (Wildman–Crippen LogP) is 9.39. The molecule has 1 saturated carbocycles. The van der Waals surface area contributed by atoms with Gasteiger partial charge in [0.1, 0.15) is 12.1 Å². The Labute approximate surface area is 294 Å². The van der Waals surface area contributed by atoms with Crippen LogP contribution in [0.25, 0.3) is 0 Å². The number of aliphatic carboxylic acids is 1. The standard InChI is InChI=1S/C40H76N2O6/c1-3-5-7-9-10-11-12-13-14-18-22-27-36(32-38(44)42-37(40(46)47)28-23-29-41)48-39(45)31-35(43)26-21-17-15-16-20-25-34-30-33(34)24-19-8-6-4-2/h33-37,43H,3-32,41H2,1-2H3,(H,42,44)(H,46,47)/t33?,34?,35?,36?,37-/m0/s1. The zero-order chi connectivity index (χ0) is 35.2. The highest BCUT2D eigenvalue weighted by molar-refractivity contribution is 5.84. The Balaban J connectivity index is 2.33.